The second-order valence-electron chi connectivity index (χ2n) is 14.5. The largest absolute Gasteiger partial charge is 0.456 e. The lowest BCUT2D eigenvalue weighted by atomic mass is 10.0. The van der Waals surface area contributed by atoms with Gasteiger partial charge in [0.05, 0.1) is 22.1 Å². The average Bonchev–Trinajstić information content (AvgIpc) is 3.95. The molecule has 0 saturated heterocycles. The van der Waals surface area contributed by atoms with E-state index in [1.807, 2.05) is 0 Å². The van der Waals surface area contributed by atoms with Crippen LogP contribution in [0.15, 0.2) is 174 Å². The molecular weight excluding hydrogens is 645 g/mol. The first-order valence-corrected chi connectivity index (χ1v) is 18.3. The van der Waals surface area contributed by atoms with E-state index in [9.17, 15) is 0 Å². The molecule has 0 unspecified atom stereocenters. The molecule has 0 atom stereocenters. The molecule has 12 aromatic rings. The van der Waals surface area contributed by atoms with Gasteiger partial charge in [0.25, 0.3) is 0 Å². The minimum absolute atomic E-state index is 0.906. The van der Waals surface area contributed by atoms with Gasteiger partial charge in [-0.2, -0.15) is 0 Å². The average molecular weight is 673 g/mol. The van der Waals surface area contributed by atoms with Crippen LogP contribution < -0.4 is 0 Å². The van der Waals surface area contributed by atoms with Crippen LogP contribution >= 0.6 is 0 Å². The van der Waals surface area contributed by atoms with E-state index < -0.39 is 0 Å². The van der Waals surface area contributed by atoms with Crippen LogP contribution in [0.25, 0.3) is 121 Å². The van der Waals surface area contributed by atoms with Crippen LogP contribution in [-0.2, 0) is 0 Å². The Bertz CT molecular complexity index is 3570. The molecule has 3 nitrogen and oxygen atoms in total. The van der Waals surface area contributed by atoms with Crippen LogP contribution in [-0.4, -0.2) is 9.13 Å². The first-order chi connectivity index (χ1) is 26.3. The molecule has 9 aromatic carbocycles. The number of aromatic nitrogens is 2. The maximum Gasteiger partial charge on any atom is 0.136 e. The van der Waals surface area contributed by atoms with Gasteiger partial charge in [-0.05, 0) is 92.3 Å². The molecule has 0 aliphatic heterocycles. The van der Waals surface area contributed by atoms with E-state index in [0.29, 0.717) is 0 Å². The van der Waals surface area contributed by atoms with Gasteiger partial charge in [0, 0.05) is 43.7 Å². The van der Waals surface area contributed by atoms with Crippen LogP contribution in [0, 0.1) is 0 Å². The molecule has 0 amide bonds. The van der Waals surface area contributed by atoms with E-state index in [1.54, 1.807) is 0 Å². The zero-order chi connectivity index (χ0) is 34.4. The van der Waals surface area contributed by atoms with Crippen LogP contribution in [0.4, 0.5) is 0 Å². The molecule has 0 fully saturated rings. The summed E-state index contributed by atoms with van der Waals surface area (Å²) in [5, 5.41) is 12.2. The second-order valence-corrected chi connectivity index (χ2v) is 14.5. The van der Waals surface area contributed by atoms with Crippen LogP contribution in [0.2, 0.25) is 0 Å². The SMILES string of the molecule is c1ccc2c(c1)-c1cccc3cc(-n4c5ccccc5c5ccc6c7c8c(ccc7n(-c7ccc9ccccc9c7)c6c54)oc4ccccc48)cc-2c13. The number of benzene rings is 9. The summed E-state index contributed by atoms with van der Waals surface area (Å²) < 4.78 is 11.5. The van der Waals surface area contributed by atoms with E-state index in [2.05, 4.69) is 179 Å². The highest BCUT2D eigenvalue weighted by atomic mass is 16.3. The Balaban J connectivity index is 1.26. The van der Waals surface area contributed by atoms with Gasteiger partial charge in [-0.25, -0.2) is 0 Å². The molecule has 1 aliphatic rings. The van der Waals surface area contributed by atoms with Crippen molar-refractivity contribution in [2.45, 2.75) is 0 Å². The van der Waals surface area contributed by atoms with Crippen LogP contribution in [0.3, 0.4) is 0 Å². The number of hydrogen-bond acceptors (Lipinski definition) is 1. The third kappa shape index (κ3) is 3.49. The van der Waals surface area contributed by atoms with Gasteiger partial charge in [0.15, 0.2) is 0 Å². The maximum atomic E-state index is 6.50. The predicted molar refractivity (Wildman–Crippen MR) is 222 cm³/mol. The number of nitrogens with zero attached hydrogens (tertiary/aromatic N) is 2. The fourth-order valence-electron chi connectivity index (χ4n) is 9.64. The standard InChI is InChI=1S/C50H28N2O/c1-2-11-30-26-32(21-20-29(30)10-1)51-43-24-25-45-48(39-16-6-8-19-44(39)53-45)47(43)40-23-22-38-36-15-5-7-18-42(36)52(49(38)50(40)51)33-27-31-12-9-17-37-34-13-3-4-14-35(34)41(28-33)46(31)37/h1-28H. The molecule has 3 aromatic heterocycles. The first-order valence-electron chi connectivity index (χ1n) is 18.3. The van der Waals surface area contributed by atoms with Crippen molar-refractivity contribution in [2.75, 3.05) is 0 Å². The van der Waals surface area contributed by atoms with Crippen molar-refractivity contribution < 1.29 is 4.42 Å². The monoisotopic (exact) mass is 672 g/mol. The van der Waals surface area contributed by atoms with Crippen molar-refractivity contribution in [3.63, 3.8) is 0 Å². The van der Waals surface area contributed by atoms with Gasteiger partial charge < -0.3 is 13.6 Å². The minimum atomic E-state index is 0.906. The van der Waals surface area contributed by atoms with Gasteiger partial charge in [-0.15, -0.1) is 0 Å². The number of furan rings is 1. The van der Waals surface area contributed by atoms with Crippen molar-refractivity contribution in [1.29, 1.82) is 0 Å². The molecule has 13 rings (SSSR count). The molecule has 0 radical (unpaired) electrons. The molecule has 0 bridgehead atoms. The Labute approximate surface area is 303 Å². The van der Waals surface area contributed by atoms with Gasteiger partial charge >= 0.3 is 0 Å². The summed E-state index contributed by atoms with van der Waals surface area (Å²) in [5.74, 6) is 0. The zero-order valence-corrected chi connectivity index (χ0v) is 28.5. The highest BCUT2D eigenvalue weighted by Gasteiger charge is 2.26. The van der Waals surface area contributed by atoms with E-state index in [0.717, 1.165) is 38.8 Å². The van der Waals surface area contributed by atoms with Crippen molar-refractivity contribution in [1.82, 2.24) is 9.13 Å². The topological polar surface area (TPSA) is 23.0 Å². The summed E-state index contributed by atoms with van der Waals surface area (Å²) in [4.78, 5) is 0. The van der Waals surface area contributed by atoms with E-state index in [4.69, 9.17) is 4.42 Å². The Morgan fingerprint density at radius 3 is 1.92 bits per heavy atom. The second kappa shape index (κ2) is 9.81. The van der Waals surface area contributed by atoms with Crippen LogP contribution in [0.1, 0.15) is 0 Å². The summed E-state index contributed by atoms with van der Waals surface area (Å²) in [5.41, 5.74) is 14.1. The fraction of sp³-hybridized carbons (Fsp3) is 0. The lowest BCUT2D eigenvalue weighted by Gasteiger charge is -2.15. The third-order valence-electron chi connectivity index (χ3n) is 11.8. The number of hydrogen-bond donors (Lipinski definition) is 0. The summed E-state index contributed by atoms with van der Waals surface area (Å²) in [6, 6.07) is 62.3. The van der Waals surface area contributed by atoms with Crippen molar-refractivity contribution in [3.05, 3.63) is 170 Å². The molecule has 3 heterocycles. The Hall–Kier alpha value is -7.10. The Morgan fingerprint density at radius 1 is 0.321 bits per heavy atom. The molecule has 244 valence electrons. The summed E-state index contributed by atoms with van der Waals surface area (Å²) in [6.45, 7) is 0. The Kier molecular flexibility index (Phi) is 5.11. The molecule has 1 aliphatic carbocycles. The zero-order valence-electron chi connectivity index (χ0n) is 28.5. The fourth-order valence-corrected chi connectivity index (χ4v) is 9.64. The maximum absolute atomic E-state index is 6.50. The van der Waals surface area contributed by atoms with Crippen molar-refractivity contribution in [3.8, 4) is 33.6 Å². The summed E-state index contributed by atoms with van der Waals surface area (Å²) >= 11 is 0. The number of rotatable bonds is 2. The molecule has 0 saturated carbocycles. The predicted octanol–water partition coefficient (Wildman–Crippen LogP) is 13.7. The highest BCUT2D eigenvalue weighted by Crippen LogP contribution is 2.50. The van der Waals surface area contributed by atoms with Crippen molar-refractivity contribution in [2.24, 2.45) is 0 Å². The molecule has 0 N–H and O–H groups in total. The van der Waals surface area contributed by atoms with E-state index >= 15 is 0 Å². The first kappa shape index (κ1) is 27.6. The lowest BCUT2D eigenvalue weighted by molar-refractivity contribution is 0.669. The highest BCUT2D eigenvalue weighted by molar-refractivity contribution is 6.32. The van der Waals surface area contributed by atoms with E-state index in [-0.39, 0.29) is 0 Å². The summed E-state index contributed by atoms with van der Waals surface area (Å²) in [6.07, 6.45) is 0. The third-order valence-corrected chi connectivity index (χ3v) is 11.8. The van der Waals surface area contributed by atoms with Crippen LogP contribution in [0.5, 0.6) is 0 Å². The van der Waals surface area contributed by atoms with Gasteiger partial charge in [0.2, 0.25) is 0 Å². The quantitative estimate of drug-likeness (QED) is 0.179. The Morgan fingerprint density at radius 2 is 1.00 bits per heavy atom. The smallest absolute Gasteiger partial charge is 0.136 e. The number of fused-ring (bicyclic) bond motifs is 15. The molecular formula is C50H28N2O. The molecule has 0 spiro atoms. The van der Waals surface area contributed by atoms with Crippen molar-refractivity contribution >= 4 is 87.1 Å². The summed E-state index contributed by atoms with van der Waals surface area (Å²) in [7, 11) is 0. The lowest BCUT2D eigenvalue weighted by Crippen LogP contribution is -1.99. The molecule has 3 heteroatoms. The van der Waals surface area contributed by atoms with Gasteiger partial charge in [0.1, 0.15) is 11.2 Å². The van der Waals surface area contributed by atoms with Gasteiger partial charge in [-0.1, -0.05) is 121 Å². The number of para-hydroxylation sites is 2. The van der Waals surface area contributed by atoms with E-state index in [1.165, 1.54) is 81.9 Å². The normalized spacial score (nSPS) is 12.5. The molecule has 53 heavy (non-hydrogen) atoms. The minimum Gasteiger partial charge on any atom is -0.456 e. The van der Waals surface area contributed by atoms with Gasteiger partial charge in [-0.3, -0.25) is 0 Å².